The van der Waals surface area contributed by atoms with E-state index in [1.54, 1.807) is 59.9 Å². The second-order valence-electron chi connectivity index (χ2n) is 6.00. The monoisotopic (exact) mass is 381 g/mol. The third-order valence-electron chi connectivity index (χ3n) is 4.00. The number of thiophene rings is 1. The number of amides is 1. The lowest BCUT2D eigenvalue weighted by Gasteiger charge is -2.12. The number of ether oxygens (including phenoxy) is 1. The highest BCUT2D eigenvalue weighted by atomic mass is 32.1. The van der Waals surface area contributed by atoms with Crippen LogP contribution in [0.1, 0.15) is 28.2 Å². The van der Waals surface area contributed by atoms with Crippen molar-refractivity contribution in [3.8, 4) is 16.9 Å². The van der Waals surface area contributed by atoms with Gasteiger partial charge in [0.1, 0.15) is 5.75 Å². The third kappa shape index (κ3) is 4.95. The zero-order chi connectivity index (χ0) is 19.2. The first-order valence-electron chi connectivity index (χ1n) is 8.42. The molecule has 27 heavy (non-hydrogen) atoms. The summed E-state index contributed by atoms with van der Waals surface area (Å²) < 4.78 is 5.09. The maximum atomic E-state index is 12.1. The predicted octanol–water partition coefficient (Wildman–Crippen LogP) is 4.15. The molecule has 2 N–H and O–H groups in total. The summed E-state index contributed by atoms with van der Waals surface area (Å²) in [5.41, 5.74) is 2.21. The van der Waals surface area contributed by atoms with Gasteiger partial charge in [-0.3, -0.25) is 4.79 Å². The molecule has 0 aliphatic carbocycles. The van der Waals surface area contributed by atoms with Crippen LogP contribution >= 0.6 is 11.3 Å². The molecular weight excluding hydrogens is 362 g/mol. The van der Waals surface area contributed by atoms with Crippen molar-refractivity contribution in [1.82, 2.24) is 5.32 Å². The molecule has 0 radical (unpaired) electrons. The van der Waals surface area contributed by atoms with E-state index in [4.69, 9.17) is 4.74 Å². The molecule has 1 aromatic heterocycles. The maximum absolute atomic E-state index is 12.1. The van der Waals surface area contributed by atoms with E-state index >= 15 is 0 Å². The van der Waals surface area contributed by atoms with Gasteiger partial charge in [-0.15, -0.1) is 11.3 Å². The summed E-state index contributed by atoms with van der Waals surface area (Å²) in [5, 5.41) is 14.1. The maximum Gasteiger partial charge on any atom is 0.338 e. The first-order valence-corrected chi connectivity index (χ1v) is 9.30. The molecule has 138 valence electrons. The number of phenolic OH excluding ortho intramolecular Hbond substituents is 1. The fraction of sp³-hybridized carbons (Fsp3) is 0.143. The number of hydrogen-bond donors (Lipinski definition) is 2. The van der Waals surface area contributed by atoms with Gasteiger partial charge in [-0.2, -0.15) is 0 Å². The highest BCUT2D eigenvalue weighted by molar-refractivity contribution is 7.10. The number of phenols is 1. The standard InChI is InChI=1S/C21H19NO4S/c1-14(19-3-2-12-27-19)22-20(24)13-26-21(25)17-6-4-15(5-7-17)16-8-10-18(23)11-9-16/h2-12,14,23H,13H2,1H3,(H,22,24)/t14-/m1/s1. The van der Waals surface area contributed by atoms with Crippen LogP contribution in [0.25, 0.3) is 11.1 Å². The molecule has 2 aromatic carbocycles. The van der Waals surface area contributed by atoms with Crippen LogP contribution in [-0.2, 0) is 9.53 Å². The molecule has 1 atom stereocenters. The Labute approximate surface area is 161 Å². The second kappa shape index (κ2) is 8.51. The lowest BCUT2D eigenvalue weighted by atomic mass is 10.0. The van der Waals surface area contributed by atoms with E-state index in [2.05, 4.69) is 5.32 Å². The summed E-state index contributed by atoms with van der Waals surface area (Å²) in [5.74, 6) is -0.693. The molecular formula is C21H19NO4S. The van der Waals surface area contributed by atoms with Crippen molar-refractivity contribution in [2.24, 2.45) is 0 Å². The fourth-order valence-electron chi connectivity index (χ4n) is 2.56. The van der Waals surface area contributed by atoms with Crippen molar-refractivity contribution in [2.45, 2.75) is 13.0 Å². The van der Waals surface area contributed by atoms with Crippen molar-refractivity contribution < 1.29 is 19.4 Å². The quantitative estimate of drug-likeness (QED) is 0.629. The zero-order valence-corrected chi connectivity index (χ0v) is 15.5. The fourth-order valence-corrected chi connectivity index (χ4v) is 3.29. The van der Waals surface area contributed by atoms with Gasteiger partial charge < -0.3 is 15.2 Å². The molecule has 0 unspecified atom stereocenters. The second-order valence-corrected chi connectivity index (χ2v) is 6.98. The van der Waals surface area contributed by atoms with Gasteiger partial charge >= 0.3 is 5.97 Å². The molecule has 6 heteroatoms. The minimum Gasteiger partial charge on any atom is -0.508 e. The summed E-state index contributed by atoms with van der Waals surface area (Å²) in [6.45, 7) is 1.56. The lowest BCUT2D eigenvalue weighted by molar-refractivity contribution is -0.124. The average Bonchev–Trinajstić information content (AvgIpc) is 3.22. The van der Waals surface area contributed by atoms with Crippen LogP contribution < -0.4 is 5.32 Å². The summed E-state index contributed by atoms with van der Waals surface area (Å²) in [6.07, 6.45) is 0. The molecule has 0 aliphatic heterocycles. The summed E-state index contributed by atoms with van der Waals surface area (Å²) in [7, 11) is 0. The van der Waals surface area contributed by atoms with Crippen LogP contribution in [0.15, 0.2) is 66.0 Å². The van der Waals surface area contributed by atoms with Gasteiger partial charge in [0.15, 0.2) is 6.61 Å². The van der Waals surface area contributed by atoms with Crippen molar-refractivity contribution in [1.29, 1.82) is 0 Å². The largest absolute Gasteiger partial charge is 0.508 e. The van der Waals surface area contributed by atoms with E-state index in [9.17, 15) is 14.7 Å². The van der Waals surface area contributed by atoms with Gasteiger partial charge in [0.05, 0.1) is 11.6 Å². The number of carbonyl (C=O) groups excluding carboxylic acids is 2. The Morgan fingerprint density at radius 3 is 2.26 bits per heavy atom. The molecule has 5 nitrogen and oxygen atoms in total. The van der Waals surface area contributed by atoms with Gasteiger partial charge in [-0.25, -0.2) is 4.79 Å². The topological polar surface area (TPSA) is 75.6 Å². The number of carbonyl (C=O) groups is 2. The number of rotatable bonds is 6. The molecule has 0 saturated carbocycles. The highest BCUT2D eigenvalue weighted by Gasteiger charge is 2.13. The number of aromatic hydroxyl groups is 1. The highest BCUT2D eigenvalue weighted by Crippen LogP contribution is 2.22. The molecule has 3 aromatic rings. The first-order chi connectivity index (χ1) is 13.0. The third-order valence-corrected chi connectivity index (χ3v) is 5.06. The minimum atomic E-state index is -0.550. The summed E-state index contributed by atoms with van der Waals surface area (Å²) >= 11 is 1.56. The number of hydrogen-bond acceptors (Lipinski definition) is 5. The van der Waals surface area contributed by atoms with Crippen molar-refractivity contribution >= 4 is 23.2 Å². The molecule has 0 bridgehead atoms. The van der Waals surface area contributed by atoms with Crippen molar-refractivity contribution in [3.63, 3.8) is 0 Å². The molecule has 0 spiro atoms. The van der Waals surface area contributed by atoms with E-state index in [0.29, 0.717) is 5.56 Å². The molecule has 3 rings (SSSR count). The Balaban J connectivity index is 1.53. The molecule has 0 aliphatic rings. The Bertz CT molecular complexity index is 902. The van der Waals surface area contributed by atoms with Crippen LogP contribution in [0.3, 0.4) is 0 Å². The molecule has 1 amide bonds. The lowest BCUT2D eigenvalue weighted by Crippen LogP contribution is -2.30. The van der Waals surface area contributed by atoms with Crippen molar-refractivity contribution in [3.05, 3.63) is 76.5 Å². The van der Waals surface area contributed by atoms with Crippen LogP contribution in [-0.4, -0.2) is 23.6 Å². The normalized spacial score (nSPS) is 11.6. The Morgan fingerprint density at radius 2 is 1.67 bits per heavy atom. The van der Waals surface area contributed by atoms with E-state index < -0.39 is 5.97 Å². The van der Waals surface area contributed by atoms with Gasteiger partial charge in [-0.1, -0.05) is 30.3 Å². The zero-order valence-electron chi connectivity index (χ0n) is 14.7. The van der Waals surface area contributed by atoms with Gasteiger partial charge in [0, 0.05) is 4.88 Å². The van der Waals surface area contributed by atoms with Crippen LogP contribution in [0.5, 0.6) is 5.75 Å². The number of esters is 1. The average molecular weight is 381 g/mol. The van der Waals surface area contributed by atoms with E-state index in [1.807, 2.05) is 24.4 Å². The van der Waals surface area contributed by atoms with E-state index in [1.165, 1.54) is 0 Å². The molecule has 1 heterocycles. The predicted molar refractivity (Wildman–Crippen MR) is 105 cm³/mol. The summed E-state index contributed by atoms with van der Waals surface area (Å²) in [4.78, 5) is 25.1. The van der Waals surface area contributed by atoms with E-state index in [-0.39, 0.29) is 24.3 Å². The Kier molecular flexibility index (Phi) is 5.88. The smallest absolute Gasteiger partial charge is 0.338 e. The van der Waals surface area contributed by atoms with Crippen molar-refractivity contribution in [2.75, 3.05) is 6.61 Å². The first kappa shape index (κ1) is 18.7. The SMILES string of the molecule is C[C@@H](NC(=O)COC(=O)c1ccc(-c2ccc(O)cc2)cc1)c1cccs1. The van der Waals surface area contributed by atoms with Crippen LogP contribution in [0, 0.1) is 0 Å². The molecule has 0 saturated heterocycles. The Morgan fingerprint density at radius 1 is 1.04 bits per heavy atom. The van der Waals surface area contributed by atoms with Gasteiger partial charge in [-0.05, 0) is 53.8 Å². The molecule has 0 fully saturated rings. The summed E-state index contributed by atoms with van der Waals surface area (Å²) in [6, 6.07) is 17.4. The van der Waals surface area contributed by atoms with Gasteiger partial charge in [0.25, 0.3) is 5.91 Å². The number of benzene rings is 2. The Hall–Kier alpha value is -3.12. The minimum absolute atomic E-state index is 0.124. The van der Waals surface area contributed by atoms with Gasteiger partial charge in [0.2, 0.25) is 0 Å². The van der Waals surface area contributed by atoms with E-state index in [0.717, 1.165) is 16.0 Å². The van der Waals surface area contributed by atoms with Crippen LogP contribution in [0.2, 0.25) is 0 Å². The number of nitrogens with one attached hydrogen (secondary N) is 1. The van der Waals surface area contributed by atoms with Crippen LogP contribution in [0.4, 0.5) is 0 Å².